The van der Waals surface area contributed by atoms with Crippen molar-refractivity contribution in [2.45, 2.75) is 32.8 Å². The van der Waals surface area contributed by atoms with Gasteiger partial charge in [-0.05, 0) is 60.5 Å². The summed E-state index contributed by atoms with van der Waals surface area (Å²) in [5.41, 5.74) is 4.61. The van der Waals surface area contributed by atoms with Gasteiger partial charge in [-0.15, -0.1) is 0 Å². The Kier molecular flexibility index (Phi) is 5.84. The lowest BCUT2D eigenvalue weighted by molar-refractivity contribution is 0.144. The van der Waals surface area contributed by atoms with E-state index < -0.39 is 0 Å². The van der Waals surface area contributed by atoms with E-state index in [0.29, 0.717) is 18.8 Å². The van der Waals surface area contributed by atoms with Gasteiger partial charge in [-0.2, -0.15) is 0 Å². The molecule has 4 heteroatoms. The number of aryl methyl sites for hydroxylation is 1. The van der Waals surface area contributed by atoms with Crippen LogP contribution in [0.4, 0.5) is 4.39 Å². The van der Waals surface area contributed by atoms with E-state index in [-0.39, 0.29) is 11.2 Å². The summed E-state index contributed by atoms with van der Waals surface area (Å²) in [5, 5.41) is 1.08. The van der Waals surface area contributed by atoms with Crippen LogP contribution < -0.4 is 4.74 Å². The summed E-state index contributed by atoms with van der Waals surface area (Å²) in [6, 6.07) is 23.7. The molecule has 0 spiro atoms. The maximum absolute atomic E-state index is 13.9. The van der Waals surface area contributed by atoms with Gasteiger partial charge < -0.3 is 14.0 Å². The monoisotopic (exact) mass is 417 g/mol. The summed E-state index contributed by atoms with van der Waals surface area (Å²) in [6.45, 7) is 7.20. The minimum atomic E-state index is -0.235. The van der Waals surface area contributed by atoms with E-state index in [9.17, 15) is 4.39 Å². The highest BCUT2D eigenvalue weighted by Crippen LogP contribution is 2.35. The van der Waals surface area contributed by atoms with E-state index >= 15 is 0 Å². The molecule has 0 radical (unpaired) electrons. The fraction of sp³-hybridized carbons (Fsp3) is 0.259. The summed E-state index contributed by atoms with van der Waals surface area (Å²) in [7, 11) is 1.71. The minimum Gasteiger partial charge on any atom is -0.489 e. The lowest BCUT2D eigenvalue weighted by Gasteiger charge is -2.26. The molecule has 31 heavy (non-hydrogen) atoms. The number of nitrogens with zero attached hydrogens (tertiary/aromatic N) is 1. The molecule has 0 N–H and O–H groups in total. The van der Waals surface area contributed by atoms with Crippen LogP contribution in [0, 0.1) is 12.7 Å². The van der Waals surface area contributed by atoms with Gasteiger partial charge in [-0.1, -0.05) is 44.2 Å². The molecule has 0 aliphatic heterocycles. The first kappa shape index (κ1) is 21.1. The lowest BCUT2D eigenvalue weighted by Crippen LogP contribution is -2.26. The fourth-order valence-electron chi connectivity index (χ4n) is 4.00. The van der Waals surface area contributed by atoms with Gasteiger partial charge in [0.05, 0.1) is 12.1 Å². The van der Waals surface area contributed by atoms with Crippen molar-refractivity contribution in [3.8, 4) is 11.4 Å². The Bertz CT molecular complexity index is 1190. The van der Waals surface area contributed by atoms with Gasteiger partial charge in [0.1, 0.15) is 18.2 Å². The first-order valence-corrected chi connectivity index (χ1v) is 10.5. The molecule has 4 rings (SSSR count). The normalized spacial score (nSPS) is 11.8. The molecule has 0 amide bonds. The first-order chi connectivity index (χ1) is 14.9. The van der Waals surface area contributed by atoms with E-state index in [1.807, 2.05) is 36.4 Å². The number of methoxy groups -OCH3 is 1. The van der Waals surface area contributed by atoms with Crippen LogP contribution in [0.25, 0.3) is 16.6 Å². The van der Waals surface area contributed by atoms with Gasteiger partial charge in [0, 0.05) is 29.3 Å². The van der Waals surface area contributed by atoms with Crippen molar-refractivity contribution >= 4 is 10.9 Å². The third-order valence-electron chi connectivity index (χ3n) is 5.62. The zero-order chi connectivity index (χ0) is 22.0. The smallest absolute Gasteiger partial charge is 0.126 e. The van der Waals surface area contributed by atoms with Gasteiger partial charge in [0.15, 0.2) is 0 Å². The standard InChI is InChI=1S/C27H28FNO2/c1-19-14-22(10-12-24(19)28)29-25-13-11-23(31-17-20-8-6-5-7-9-20)15-21(25)16-26(29)27(2,3)18-30-4/h5-16H,17-18H2,1-4H3. The van der Waals surface area contributed by atoms with E-state index in [2.05, 4.69) is 48.7 Å². The highest BCUT2D eigenvalue weighted by Gasteiger charge is 2.27. The predicted molar refractivity (Wildman–Crippen MR) is 124 cm³/mol. The second kappa shape index (κ2) is 8.56. The molecule has 0 unspecified atom stereocenters. The van der Waals surface area contributed by atoms with Crippen molar-refractivity contribution in [3.63, 3.8) is 0 Å². The molecule has 0 atom stereocenters. The van der Waals surface area contributed by atoms with Crippen molar-refractivity contribution in [2.24, 2.45) is 0 Å². The Morgan fingerprint density at radius 3 is 2.42 bits per heavy atom. The Morgan fingerprint density at radius 1 is 0.935 bits per heavy atom. The molecule has 0 saturated carbocycles. The maximum Gasteiger partial charge on any atom is 0.126 e. The van der Waals surface area contributed by atoms with Gasteiger partial charge in [-0.3, -0.25) is 0 Å². The number of rotatable bonds is 7. The van der Waals surface area contributed by atoms with Crippen LogP contribution in [0.2, 0.25) is 0 Å². The lowest BCUT2D eigenvalue weighted by atomic mass is 9.90. The van der Waals surface area contributed by atoms with Crippen LogP contribution in [0.15, 0.2) is 72.8 Å². The molecular weight excluding hydrogens is 389 g/mol. The number of aromatic nitrogens is 1. The highest BCUT2D eigenvalue weighted by atomic mass is 19.1. The van der Waals surface area contributed by atoms with Crippen LogP contribution in [0.3, 0.4) is 0 Å². The summed E-state index contributed by atoms with van der Waals surface area (Å²) in [4.78, 5) is 0. The number of hydrogen-bond donors (Lipinski definition) is 0. The average molecular weight is 418 g/mol. The third kappa shape index (κ3) is 4.35. The van der Waals surface area contributed by atoms with E-state index in [0.717, 1.165) is 33.6 Å². The molecule has 0 bridgehead atoms. The number of hydrogen-bond acceptors (Lipinski definition) is 2. The Hall–Kier alpha value is -3.11. The zero-order valence-electron chi connectivity index (χ0n) is 18.5. The Labute approximate surface area is 183 Å². The summed E-state index contributed by atoms with van der Waals surface area (Å²) in [6.07, 6.45) is 0. The molecule has 160 valence electrons. The first-order valence-electron chi connectivity index (χ1n) is 10.5. The summed E-state index contributed by atoms with van der Waals surface area (Å²) >= 11 is 0. The summed E-state index contributed by atoms with van der Waals surface area (Å²) < 4.78 is 27.7. The van der Waals surface area contributed by atoms with E-state index in [4.69, 9.17) is 9.47 Å². The topological polar surface area (TPSA) is 23.4 Å². The van der Waals surface area contributed by atoms with Crippen molar-refractivity contribution in [1.29, 1.82) is 0 Å². The molecule has 1 heterocycles. The van der Waals surface area contributed by atoms with Crippen LogP contribution >= 0.6 is 0 Å². The maximum atomic E-state index is 13.9. The number of fused-ring (bicyclic) bond motifs is 1. The van der Waals surface area contributed by atoms with E-state index in [1.165, 1.54) is 6.07 Å². The molecule has 0 fully saturated rings. The van der Waals surface area contributed by atoms with E-state index in [1.54, 1.807) is 14.0 Å². The SMILES string of the molecule is COCC(C)(C)c1cc2cc(OCc3ccccc3)ccc2n1-c1ccc(F)c(C)c1. The minimum absolute atomic E-state index is 0.200. The van der Waals surface area contributed by atoms with Crippen LogP contribution in [0.5, 0.6) is 5.75 Å². The quantitative estimate of drug-likeness (QED) is 0.339. The predicted octanol–water partition coefficient (Wildman–Crippen LogP) is 6.58. The van der Waals surface area contributed by atoms with Gasteiger partial charge in [0.25, 0.3) is 0 Å². The molecule has 0 aliphatic carbocycles. The number of ether oxygens (including phenoxy) is 2. The molecule has 4 aromatic rings. The van der Waals surface area contributed by atoms with Gasteiger partial charge >= 0.3 is 0 Å². The number of halogens is 1. The highest BCUT2D eigenvalue weighted by molar-refractivity contribution is 5.85. The van der Waals surface area contributed by atoms with Crippen LogP contribution in [0.1, 0.15) is 30.7 Å². The second-order valence-electron chi connectivity index (χ2n) is 8.61. The second-order valence-corrected chi connectivity index (χ2v) is 8.61. The van der Waals surface area contributed by atoms with Crippen molar-refractivity contribution in [2.75, 3.05) is 13.7 Å². The molecule has 3 aromatic carbocycles. The van der Waals surface area contributed by atoms with Crippen molar-refractivity contribution in [1.82, 2.24) is 4.57 Å². The third-order valence-corrected chi connectivity index (χ3v) is 5.62. The van der Waals surface area contributed by atoms with Gasteiger partial charge in [-0.25, -0.2) is 4.39 Å². The van der Waals surface area contributed by atoms with Crippen LogP contribution in [-0.2, 0) is 16.8 Å². The van der Waals surface area contributed by atoms with Crippen LogP contribution in [-0.4, -0.2) is 18.3 Å². The molecule has 0 aliphatic rings. The molecule has 3 nitrogen and oxygen atoms in total. The molecule has 1 aromatic heterocycles. The summed E-state index contributed by atoms with van der Waals surface area (Å²) in [5.74, 6) is 0.620. The largest absolute Gasteiger partial charge is 0.489 e. The molecular formula is C27H28FNO2. The fourth-order valence-corrected chi connectivity index (χ4v) is 4.00. The zero-order valence-corrected chi connectivity index (χ0v) is 18.5. The average Bonchev–Trinajstić information content (AvgIpc) is 3.15. The Morgan fingerprint density at radius 2 is 1.71 bits per heavy atom. The molecule has 0 saturated heterocycles. The van der Waals surface area contributed by atoms with Gasteiger partial charge in [0.2, 0.25) is 0 Å². The number of benzene rings is 3. The Balaban J connectivity index is 1.79. The van der Waals surface area contributed by atoms with Crippen molar-refractivity contribution in [3.05, 3.63) is 95.4 Å². The van der Waals surface area contributed by atoms with Crippen molar-refractivity contribution < 1.29 is 13.9 Å².